The van der Waals surface area contributed by atoms with Gasteiger partial charge < -0.3 is 37.9 Å². The van der Waals surface area contributed by atoms with Crippen molar-refractivity contribution in [2.45, 2.75) is 76.3 Å². The van der Waals surface area contributed by atoms with E-state index in [2.05, 4.69) is 0 Å². The molecule has 0 unspecified atom stereocenters. The van der Waals surface area contributed by atoms with Gasteiger partial charge in [0.05, 0.1) is 33.5 Å². The molecular weight excluding hydrogens is 524 g/mol. The highest BCUT2D eigenvalue weighted by atomic mass is 16.8. The summed E-state index contributed by atoms with van der Waals surface area (Å²) < 4.78 is 49.7. The number of rotatable bonds is 12. The minimum atomic E-state index is -0.733. The Labute approximate surface area is 242 Å². The molecule has 0 N–H and O–H groups in total. The summed E-state index contributed by atoms with van der Waals surface area (Å²) in [5.41, 5.74) is 3.07. The molecule has 6 atom stereocenters. The van der Waals surface area contributed by atoms with Crippen LogP contribution in [0.3, 0.4) is 0 Å². The summed E-state index contributed by atoms with van der Waals surface area (Å²) in [5, 5.41) is 0. The van der Waals surface area contributed by atoms with Gasteiger partial charge in [0.15, 0.2) is 12.1 Å². The molecule has 0 amide bonds. The molecule has 0 spiro atoms. The predicted molar refractivity (Wildman–Crippen MR) is 152 cm³/mol. The fraction of sp³-hybridized carbons (Fsp3) is 0.455. The molecule has 2 aliphatic rings. The molecule has 0 saturated carbocycles. The first-order chi connectivity index (χ1) is 20.0. The standard InChI is InChI=1S/C33H40O8/c1-33(2)39-22-27(41-33)28-29(36-19-23-11-7-5-8-12-23)30(37-20-24-13-9-6-10-14-24)31(32(35-4)40-28)38-21-25-15-17-26(34-3)18-16-25/h5-18,27-32H,19-22H2,1-4H3/t27-,28+,29+,30-,31-,32+/m0/s1. The zero-order chi connectivity index (χ0) is 28.7. The van der Waals surface area contributed by atoms with Crippen LogP contribution in [0.25, 0.3) is 0 Å². The Balaban J connectivity index is 1.43. The lowest BCUT2D eigenvalue weighted by atomic mass is 9.94. The average Bonchev–Trinajstić information content (AvgIpc) is 3.38. The van der Waals surface area contributed by atoms with Crippen LogP contribution in [0.1, 0.15) is 30.5 Å². The van der Waals surface area contributed by atoms with E-state index in [0.29, 0.717) is 26.4 Å². The number of hydrogen-bond acceptors (Lipinski definition) is 8. The van der Waals surface area contributed by atoms with Crippen molar-refractivity contribution in [3.8, 4) is 5.75 Å². The zero-order valence-electron chi connectivity index (χ0n) is 24.1. The quantitative estimate of drug-likeness (QED) is 0.295. The molecule has 0 aliphatic carbocycles. The molecule has 220 valence electrons. The smallest absolute Gasteiger partial charge is 0.186 e. The van der Waals surface area contributed by atoms with Crippen molar-refractivity contribution < 1.29 is 37.9 Å². The first-order valence-corrected chi connectivity index (χ1v) is 14.0. The Kier molecular flexibility index (Phi) is 10.1. The average molecular weight is 565 g/mol. The molecule has 0 bridgehead atoms. The maximum absolute atomic E-state index is 6.66. The van der Waals surface area contributed by atoms with E-state index in [1.54, 1.807) is 14.2 Å². The molecule has 5 rings (SSSR count). The van der Waals surface area contributed by atoms with Gasteiger partial charge in [0.1, 0.15) is 36.3 Å². The van der Waals surface area contributed by atoms with Gasteiger partial charge in [-0.2, -0.15) is 0 Å². The fourth-order valence-corrected chi connectivity index (χ4v) is 5.21. The van der Waals surface area contributed by atoms with E-state index in [1.165, 1.54) is 0 Å². The van der Waals surface area contributed by atoms with Gasteiger partial charge in [-0.25, -0.2) is 0 Å². The van der Waals surface area contributed by atoms with Crippen LogP contribution in [0.2, 0.25) is 0 Å². The SMILES string of the molecule is COc1ccc(CO[C@@H]2[C@H](OC)O[C@H]([C@@H]3COC(C)(C)O3)[C@@H](OCc3ccccc3)[C@@H]2OCc2ccccc2)cc1. The maximum Gasteiger partial charge on any atom is 0.186 e. The monoisotopic (exact) mass is 564 g/mol. The molecular formula is C33H40O8. The number of hydrogen-bond donors (Lipinski definition) is 0. The summed E-state index contributed by atoms with van der Waals surface area (Å²) in [6.07, 6.45) is -3.27. The van der Waals surface area contributed by atoms with Crippen LogP contribution in [-0.4, -0.2) is 63.4 Å². The molecule has 8 heteroatoms. The van der Waals surface area contributed by atoms with E-state index in [1.807, 2.05) is 98.8 Å². The van der Waals surface area contributed by atoms with Gasteiger partial charge in [-0.05, 0) is 42.7 Å². The molecule has 3 aromatic rings. The molecule has 2 aliphatic heterocycles. The molecule has 0 aromatic heterocycles. The van der Waals surface area contributed by atoms with Crippen molar-refractivity contribution >= 4 is 0 Å². The Morgan fingerprint density at radius 3 is 1.73 bits per heavy atom. The third kappa shape index (κ3) is 7.72. The minimum Gasteiger partial charge on any atom is -0.497 e. The summed E-state index contributed by atoms with van der Waals surface area (Å²) in [5.74, 6) is 0.0513. The van der Waals surface area contributed by atoms with Gasteiger partial charge >= 0.3 is 0 Å². The van der Waals surface area contributed by atoms with E-state index < -0.39 is 36.5 Å². The van der Waals surface area contributed by atoms with Gasteiger partial charge in [0, 0.05) is 7.11 Å². The Hall–Kier alpha value is -2.82. The molecule has 2 heterocycles. The Bertz CT molecular complexity index is 1190. The van der Waals surface area contributed by atoms with Crippen LogP contribution in [0, 0.1) is 0 Å². The third-order valence-corrected chi connectivity index (χ3v) is 7.33. The van der Waals surface area contributed by atoms with Gasteiger partial charge in [-0.3, -0.25) is 0 Å². The molecule has 2 fully saturated rings. The van der Waals surface area contributed by atoms with Gasteiger partial charge in [0.25, 0.3) is 0 Å². The van der Waals surface area contributed by atoms with Crippen molar-refractivity contribution in [3.63, 3.8) is 0 Å². The number of methoxy groups -OCH3 is 2. The van der Waals surface area contributed by atoms with E-state index in [-0.39, 0.29) is 6.10 Å². The minimum absolute atomic E-state index is 0.329. The highest BCUT2D eigenvalue weighted by molar-refractivity contribution is 5.26. The van der Waals surface area contributed by atoms with E-state index >= 15 is 0 Å². The summed E-state index contributed by atoms with van der Waals surface area (Å²) in [6, 6.07) is 27.9. The molecule has 41 heavy (non-hydrogen) atoms. The largest absolute Gasteiger partial charge is 0.497 e. The topological polar surface area (TPSA) is 73.8 Å². The molecule has 2 saturated heterocycles. The molecule has 8 nitrogen and oxygen atoms in total. The van der Waals surface area contributed by atoms with E-state index in [9.17, 15) is 0 Å². The Morgan fingerprint density at radius 1 is 0.683 bits per heavy atom. The third-order valence-electron chi connectivity index (χ3n) is 7.33. The first kappa shape index (κ1) is 29.7. The van der Waals surface area contributed by atoms with Gasteiger partial charge in [0.2, 0.25) is 0 Å². The fourth-order valence-electron chi connectivity index (χ4n) is 5.21. The second-order valence-corrected chi connectivity index (χ2v) is 10.7. The van der Waals surface area contributed by atoms with Gasteiger partial charge in [-0.15, -0.1) is 0 Å². The summed E-state index contributed by atoms with van der Waals surface area (Å²) in [6.45, 7) is 5.23. The van der Waals surface area contributed by atoms with Gasteiger partial charge in [-0.1, -0.05) is 72.8 Å². The first-order valence-electron chi connectivity index (χ1n) is 14.0. The van der Waals surface area contributed by atoms with Crippen molar-refractivity contribution in [1.29, 1.82) is 0 Å². The summed E-state index contributed by atoms with van der Waals surface area (Å²) in [4.78, 5) is 0. The maximum atomic E-state index is 6.66. The predicted octanol–water partition coefficient (Wildman–Crippen LogP) is 5.27. The van der Waals surface area contributed by atoms with Crippen molar-refractivity contribution in [2.75, 3.05) is 20.8 Å². The molecule has 0 radical (unpaired) electrons. The van der Waals surface area contributed by atoms with Crippen molar-refractivity contribution in [1.82, 2.24) is 0 Å². The molecule has 3 aromatic carbocycles. The zero-order valence-corrected chi connectivity index (χ0v) is 24.1. The van der Waals surface area contributed by atoms with Crippen LogP contribution in [0.5, 0.6) is 5.75 Å². The number of ether oxygens (including phenoxy) is 8. The lowest BCUT2D eigenvalue weighted by Crippen LogP contribution is -2.63. The van der Waals surface area contributed by atoms with E-state index in [0.717, 1.165) is 22.4 Å². The second-order valence-electron chi connectivity index (χ2n) is 10.7. The summed E-state index contributed by atoms with van der Waals surface area (Å²) >= 11 is 0. The van der Waals surface area contributed by atoms with E-state index in [4.69, 9.17) is 37.9 Å². The number of benzene rings is 3. The normalized spacial score (nSPS) is 27.5. The van der Waals surface area contributed by atoms with Crippen LogP contribution in [-0.2, 0) is 53.0 Å². The van der Waals surface area contributed by atoms with Crippen LogP contribution in [0.4, 0.5) is 0 Å². The van der Waals surface area contributed by atoms with Crippen LogP contribution < -0.4 is 4.74 Å². The lowest BCUT2D eigenvalue weighted by Gasteiger charge is -2.46. The van der Waals surface area contributed by atoms with Crippen molar-refractivity contribution in [3.05, 3.63) is 102 Å². The second kappa shape index (κ2) is 13.9. The highest BCUT2D eigenvalue weighted by Gasteiger charge is 2.53. The lowest BCUT2D eigenvalue weighted by molar-refractivity contribution is -0.331. The summed E-state index contributed by atoms with van der Waals surface area (Å²) in [7, 11) is 3.26. The van der Waals surface area contributed by atoms with Crippen LogP contribution in [0.15, 0.2) is 84.9 Å². The highest BCUT2D eigenvalue weighted by Crippen LogP contribution is 2.36. The Morgan fingerprint density at radius 2 is 1.22 bits per heavy atom. The van der Waals surface area contributed by atoms with Crippen LogP contribution >= 0.6 is 0 Å². The van der Waals surface area contributed by atoms with Crippen molar-refractivity contribution in [2.24, 2.45) is 0 Å².